The molecule has 0 bridgehead atoms. The van der Waals surface area contributed by atoms with Crippen molar-refractivity contribution < 1.29 is 4.79 Å². The van der Waals surface area contributed by atoms with Gasteiger partial charge in [0.05, 0.1) is 5.69 Å². The lowest BCUT2D eigenvalue weighted by atomic mass is 9.87. The fraction of sp³-hybridized carbons (Fsp3) is 0.421. The summed E-state index contributed by atoms with van der Waals surface area (Å²) < 4.78 is 1.81. The van der Waals surface area contributed by atoms with Crippen LogP contribution in [0.3, 0.4) is 0 Å². The SMILES string of the molecule is Cc1ccc(-c2csc3nc(NC(=O)CC4CCCCC4)nn23)cc1. The van der Waals surface area contributed by atoms with Crippen LogP contribution in [0.1, 0.15) is 44.1 Å². The second-order valence-corrected chi connectivity index (χ2v) is 7.71. The lowest BCUT2D eigenvalue weighted by molar-refractivity contribution is -0.117. The Kier molecular flexibility index (Phi) is 4.53. The number of hydrogen-bond acceptors (Lipinski definition) is 4. The number of thiazole rings is 1. The number of aryl methyl sites for hydroxylation is 1. The van der Waals surface area contributed by atoms with Crippen LogP contribution in [0.25, 0.3) is 16.2 Å². The van der Waals surface area contributed by atoms with E-state index in [1.54, 1.807) is 0 Å². The van der Waals surface area contributed by atoms with Gasteiger partial charge in [-0.3, -0.25) is 10.1 Å². The molecule has 1 aliphatic rings. The van der Waals surface area contributed by atoms with Crippen molar-refractivity contribution in [3.8, 4) is 11.3 Å². The molecule has 2 aromatic heterocycles. The van der Waals surface area contributed by atoms with Crippen LogP contribution in [0.15, 0.2) is 29.6 Å². The van der Waals surface area contributed by atoms with Gasteiger partial charge in [-0.2, -0.15) is 4.98 Å². The standard InChI is InChI=1S/C19H22N4OS/c1-13-7-9-15(10-8-13)16-12-25-19-21-18(22-23(16)19)20-17(24)11-14-5-3-2-4-6-14/h7-10,12,14H,2-6,11H2,1H3,(H,20,22,24). The first kappa shape index (κ1) is 16.3. The number of rotatable bonds is 4. The largest absolute Gasteiger partial charge is 0.293 e. The molecule has 4 rings (SSSR count). The molecule has 6 heteroatoms. The van der Waals surface area contributed by atoms with E-state index in [0.29, 0.717) is 18.3 Å². The van der Waals surface area contributed by atoms with E-state index in [1.165, 1.54) is 36.2 Å². The molecule has 0 spiro atoms. The van der Waals surface area contributed by atoms with Gasteiger partial charge >= 0.3 is 0 Å². The van der Waals surface area contributed by atoms with E-state index >= 15 is 0 Å². The Bertz CT molecular complexity index is 875. The quantitative estimate of drug-likeness (QED) is 0.740. The van der Waals surface area contributed by atoms with Crippen LogP contribution in [0, 0.1) is 12.8 Å². The van der Waals surface area contributed by atoms with Crippen molar-refractivity contribution in [2.45, 2.75) is 45.4 Å². The first-order valence-electron chi connectivity index (χ1n) is 8.90. The molecular weight excluding hydrogens is 332 g/mol. The van der Waals surface area contributed by atoms with Crippen molar-refractivity contribution in [3.63, 3.8) is 0 Å². The van der Waals surface area contributed by atoms with Gasteiger partial charge < -0.3 is 0 Å². The molecule has 3 aromatic rings. The van der Waals surface area contributed by atoms with E-state index in [-0.39, 0.29) is 5.91 Å². The van der Waals surface area contributed by atoms with Crippen molar-refractivity contribution in [1.29, 1.82) is 0 Å². The van der Waals surface area contributed by atoms with E-state index in [1.807, 2.05) is 9.90 Å². The van der Waals surface area contributed by atoms with Crippen LogP contribution in [0.2, 0.25) is 0 Å². The number of carbonyl (C=O) groups is 1. The number of fused-ring (bicyclic) bond motifs is 1. The van der Waals surface area contributed by atoms with Gasteiger partial charge in [-0.1, -0.05) is 49.1 Å². The van der Waals surface area contributed by atoms with Gasteiger partial charge in [-0.25, -0.2) is 4.52 Å². The molecule has 1 N–H and O–H groups in total. The van der Waals surface area contributed by atoms with E-state index in [2.05, 4.69) is 46.6 Å². The van der Waals surface area contributed by atoms with E-state index < -0.39 is 0 Å². The molecule has 130 valence electrons. The molecule has 0 unspecified atom stereocenters. The third-order valence-electron chi connectivity index (χ3n) is 4.88. The molecule has 1 saturated carbocycles. The zero-order chi connectivity index (χ0) is 17.2. The zero-order valence-electron chi connectivity index (χ0n) is 14.4. The molecule has 1 aromatic carbocycles. The molecule has 25 heavy (non-hydrogen) atoms. The van der Waals surface area contributed by atoms with Crippen LogP contribution in [-0.2, 0) is 4.79 Å². The highest BCUT2D eigenvalue weighted by Crippen LogP contribution is 2.28. The molecular formula is C19H22N4OS. The maximum atomic E-state index is 12.3. The van der Waals surface area contributed by atoms with Crippen molar-refractivity contribution in [3.05, 3.63) is 35.2 Å². The van der Waals surface area contributed by atoms with Gasteiger partial charge in [0.2, 0.25) is 16.8 Å². The number of nitrogens with zero attached hydrogens (tertiary/aromatic N) is 3. The van der Waals surface area contributed by atoms with Crippen molar-refractivity contribution in [2.75, 3.05) is 5.32 Å². The Morgan fingerprint density at radius 2 is 2.00 bits per heavy atom. The van der Waals surface area contributed by atoms with Crippen molar-refractivity contribution >= 4 is 28.2 Å². The number of hydrogen-bond donors (Lipinski definition) is 1. The molecule has 0 saturated heterocycles. The number of amides is 1. The van der Waals surface area contributed by atoms with Gasteiger partial charge in [-0.05, 0) is 25.7 Å². The molecule has 0 atom stereocenters. The first-order valence-corrected chi connectivity index (χ1v) is 9.78. The molecule has 2 heterocycles. The first-order chi connectivity index (χ1) is 12.2. The highest BCUT2D eigenvalue weighted by Gasteiger charge is 2.19. The Morgan fingerprint density at radius 3 is 2.76 bits per heavy atom. The maximum Gasteiger partial charge on any atom is 0.250 e. The lowest BCUT2D eigenvalue weighted by Gasteiger charge is -2.20. The van der Waals surface area contributed by atoms with Gasteiger partial charge in [0.25, 0.3) is 0 Å². The van der Waals surface area contributed by atoms with Crippen LogP contribution in [0.5, 0.6) is 0 Å². The van der Waals surface area contributed by atoms with Crippen LogP contribution >= 0.6 is 11.3 Å². The second kappa shape index (κ2) is 6.96. The van der Waals surface area contributed by atoms with Gasteiger partial charge in [0.15, 0.2) is 0 Å². The molecule has 5 nitrogen and oxygen atoms in total. The Morgan fingerprint density at radius 1 is 1.24 bits per heavy atom. The highest BCUT2D eigenvalue weighted by molar-refractivity contribution is 7.15. The van der Waals surface area contributed by atoms with Crippen LogP contribution in [0.4, 0.5) is 5.95 Å². The predicted molar refractivity (Wildman–Crippen MR) is 101 cm³/mol. The summed E-state index contributed by atoms with van der Waals surface area (Å²) in [7, 11) is 0. The predicted octanol–water partition coefficient (Wildman–Crippen LogP) is 4.68. The Balaban J connectivity index is 1.49. The highest BCUT2D eigenvalue weighted by atomic mass is 32.1. The van der Waals surface area contributed by atoms with Gasteiger partial charge in [-0.15, -0.1) is 16.4 Å². The Labute approximate surface area is 151 Å². The minimum Gasteiger partial charge on any atom is -0.293 e. The average Bonchev–Trinajstić information content (AvgIpc) is 3.16. The van der Waals surface area contributed by atoms with E-state index in [0.717, 1.165) is 29.1 Å². The molecule has 1 aliphatic carbocycles. The summed E-state index contributed by atoms with van der Waals surface area (Å²) in [5.41, 5.74) is 3.33. The lowest BCUT2D eigenvalue weighted by Crippen LogP contribution is -2.19. The minimum absolute atomic E-state index is 0.0297. The summed E-state index contributed by atoms with van der Waals surface area (Å²) in [6, 6.07) is 8.34. The van der Waals surface area contributed by atoms with Crippen molar-refractivity contribution in [2.24, 2.45) is 5.92 Å². The fourth-order valence-corrected chi connectivity index (χ4v) is 4.32. The number of carbonyl (C=O) groups excluding carboxylic acids is 1. The zero-order valence-corrected chi connectivity index (χ0v) is 15.2. The average molecular weight is 354 g/mol. The monoisotopic (exact) mass is 354 g/mol. The van der Waals surface area contributed by atoms with Crippen molar-refractivity contribution in [1.82, 2.24) is 14.6 Å². The third kappa shape index (κ3) is 3.58. The molecule has 1 amide bonds. The summed E-state index contributed by atoms with van der Waals surface area (Å²) in [4.78, 5) is 17.5. The topological polar surface area (TPSA) is 59.3 Å². The van der Waals surface area contributed by atoms with Crippen LogP contribution in [-0.4, -0.2) is 20.5 Å². The number of benzene rings is 1. The minimum atomic E-state index is 0.0297. The molecule has 1 fully saturated rings. The maximum absolute atomic E-state index is 12.3. The second-order valence-electron chi connectivity index (χ2n) is 6.87. The number of nitrogens with one attached hydrogen (secondary N) is 1. The summed E-state index contributed by atoms with van der Waals surface area (Å²) in [5, 5.41) is 9.42. The third-order valence-corrected chi connectivity index (χ3v) is 5.70. The van der Waals surface area contributed by atoms with Gasteiger partial charge in [0.1, 0.15) is 0 Å². The summed E-state index contributed by atoms with van der Waals surface area (Å²) in [6.45, 7) is 2.07. The summed E-state index contributed by atoms with van der Waals surface area (Å²) in [6.07, 6.45) is 6.70. The fourth-order valence-electron chi connectivity index (χ4n) is 3.49. The van der Waals surface area contributed by atoms with Crippen LogP contribution < -0.4 is 5.32 Å². The molecule has 0 radical (unpaired) electrons. The number of anilines is 1. The van der Waals surface area contributed by atoms with E-state index in [9.17, 15) is 4.79 Å². The van der Waals surface area contributed by atoms with E-state index in [4.69, 9.17) is 0 Å². The summed E-state index contributed by atoms with van der Waals surface area (Å²) >= 11 is 1.53. The molecule has 0 aliphatic heterocycles. The smallest absolute Gasteiger partial charge is 0.250 e. The Hall–Kier alpha value is -2.21. The van der Waals surface area contributed by atoms with Gasteiger partial charge in [0, 0.05) is 17.4 Å². The number of aromatic nitrogens is 3. The summed E-state index contributed by atoms with van der Waals surface area (Å²) in [5.74, 6) is 0.948. The normalized spacial score (nSPS) is 15.6.